The summed E-state index contributed by atoms with van der Waals surface area (Å²) in [7, 11) is 1.19. The van der Waals surface area contributed by atoms with Gasteiger partial charge in [-0.3, -0.25) is 9.59 Å². The minimum atomic E-state index is -1.11. The van der Waals surface area contributed by atoms with Crippen LogP contribution in [-0.2, 0) is 16.0 Å². The molecule has 10 nitrogen and oxygen atoms in total. The van der Waals surface area contributed by atoms with Gasteiger partial charge in [0.2, 0.25) is 5.95 Å². The van der Waals surface area contributed by atoms with E-state index in [1.54, 1.807) is 43.5 Å². The number of methoxy groups -OCH3 is 1. The molecule has 2 aromatic heterocycles. The number of benzene rings is 1. The Kier molecular flexibility index (Phi) is 9.50. The van der Waals surface area contributed by atoms with Crippen LogP contribution < -0.4 is 16.0 Å². The summed E-state index contributed by atoms with van der Waals surface area (Å²) >= 11 is 1.25. The van der Waals surface area contributed by atoms with E-state index < -0.39 is 23.7 Å². The first-order valence-corrected chi connectivity index (χ1v) is 12.3. The quantitative estimate of drug-likeness (QED) is 0.219. The van der Waals surface area contributed by atoms with E-state index in [1.165, 1.54) is 24.5 Å². The second-order valence-corrected chi connectivity index (χ2v) is 9.06. The second-order valence-electron chi connectivity index (χ2n) is 8.11. The van der Waals surface area contributed by atoms with Crippen molar-refractivity contribution in [2.45, 2.75) is 32.7 Å². The van der Waals surface area contributed by atoms with Crippen LogP contribution in [0.25, 0.3) is 0 Å². The van der Waals surface area contributed by atoms with Crippen molar-refractivity contribution in [2.75, 3.05) is 25.5 Å². The van der Waals surface area contributed by atoms with Crippen molar-refractivity contribution in [2.24, 2.45) is 0 Å². The number of halogens is 1. The van der Waals surface area contributed by atoms with Gasteiger partial charge in [-0.1, -0.05) is 18.2 Å². The molecule has 0 bridgehead atoms. The molecule has 0 radical (unpaired) electrons. The summed E-state index contributed by atoms with van der Waals surface area (Å²) in [4.78, 5) is 46.6. The molecule has 0 fully saturated rings. The number of nitrogens with zero attached hydrogens (tertiary/aromatic N) is 2. The van der Waals surface area contributed by atoms with Crippen LogP contribution >= 0.6 is 11.3 Å². The van der Waals surface area contributed by atoms with E-state index in [4.69, 9.17) is 4.74 Å². The zero-order valence-electron chi connectivity index (χ0n) is 20.6. The molecule has 12 heteroatoms. The van der Waals surface area contributed by atoms with E-state index in [9.17, 15) is 23.9 Å². The van der Waals surface area contributed by atoms with E-state index in [0.717, 1.165) is 0 Å². The number of esters is 1. The summed E-state index contributed by atoms with van der Waals surface area (Å²) in [5, 5.41) is 19.5. The summed E-state index contributed by atoms with van der Waals surface area (Å²) in [6, 6.07) is 6.76. The molecule has 0 saturated carbocycles. The van der Waals surface area contributed by atoms with Gasteiger partial charge in [-0.05, 0) is 49.8 Å². The van der Waals surface area contributed by atoms with Crippen molar-refractivity contribution in [3.05, 3.63) is 68.9 Å². The first-order valence-electron chi connectivity index (χ1n) is 11.5. The number of hydrogen-bond acceptors (Lipinski definition) is 9. The Balaban J connectivity index is 1.60. The van der Waals surface area contributed by atoms with Gasteiger partial charge in [0.25, 0.3) is 11.8 Å². The number of aryl methyl sites for hydroxylation is 3. The topological polar surface area (TPSA) is 143 Å². The molecule has 0 aliphatic carbocycles. The maximum absolute atomic E-state index is 13.9. The van der Waals surface area contributed by atoms with Crippen molar-refractivity contribution in [1.82, 2.24) is 20.6 Å². The molecular weight excluding hydrogens is 501 g/mol. The molecule has 1 atom stereocenters. The number of aromatic hydroxyl groups is 1. The van der Waals surface area contributed by atoms with E-state index in [2.05, 4.69) is 25.9 Å². The zero-order valence-corrected chi connectivity index (χ0v) is 21.4. The maximum Gasteiger partial charge on any atom is 0.330 e. The highest BCUT2D eigenvalue weighted by Crippen LogP contribution is 2.20. The molecule has 196 valence electrons. The smallest absolute Gasteiger partial charge is 0.330 e. The van der Waals surface area contributed by atoms with Crippen LogP contribution in [-0.4, -0.2) is 59.1 Å². The van der Waals surface area contributed by atoms with Gasteiger partial charge in [0.1, 0.15) is 6.04 Å². The van der Waals surface area contributed by atoms with Crippen LogP contribution in [0.2, 0.25) is 0 Å². The second kappa shape index (κ2) is 12.8. The van der Waals surface area contributed by atoms with Gasteiger partial charge in [0, 0.05) is 13.1 Å². The predicted octanol–water partition coefficient (Wildman–Crippen LogP) is 2.75. The standard InChI is InChI=1S/C25H28FN5O5S/c1-14-20(23(34)31-17(24(35)36-3)13-28-22(33)19-10-6-12-37-19)15(2)30-25(29-14)27-11-5-8-16-7-4-9-18(32)21(16)26/h4,6-7,9-10,12,17,32H,5,8,11,13H2,1-3H3,(H,28,33)(H,31,34)(H,27,29,30)/t17-/m0/s1. The molecule has 0 saturated heterocycles. The largest absolute Gasteiger partial charge is 0.505 e. The summed E-state index contributed by atoms with van der Waals surface area (Å²) < 4.78 is 18.7. The number of carbonyl (C=O) groups is 3. The lowest BCUT2D eigenvalue weighted by atomic mass is 10.1. The molecule has 0 aliphatic rings. The molecule has 1 aromatic carbocycles. The monoisotopic (exact) mass is 529 g/mol. The van der Waals surface area contributed by atoms with E-state index in [-0.39, 0.29) is 23.8 Å². The Morgan fingerprint density at radius 2 is 1.84 bits per heavy atom. The highest BCUT2D eigenvalue weighted by atomic mass is 32.1. The fourth-order valence-corrected chi connectivity index (χ4v) is 4.26. The lowest BCUT2D eigenvalue weighted by Gasteiger charge is -2.18. The number of thiophene rings is 1. The molecule has 0 unspecified atom stereocenters. The molecule has 0 aliphatic heterocycles. The summed E-state index contributed by atoms with van der Waals surface area (Å²) in [6.45, 7) is 3.56. The fourth-order valence-electron chi connectivity index (χ4n) is 3.62. The van der Waals surface area contributed by atoms with Crippen molar-refractivity contribution >= 4 is 35.1 Å². The van der Waals surface area contributed by atoms with Gasteiger partial charge >= 0.3 is 5.97 Å². The van der Waals surface area contributed by atoms with Gasteiger partial charge in [-0.15, -0.1) is 11.3 Å². The SMILES string of the molecule is COC(=O)[C@H](CNC(=O)c1cccs1)NC(=O)c1c(C)nc(NCCCc2cccc(O)c2F)nc1C. The third-order valence-corrected chi connectivity index (χ3v) is 6.33. The molecule has 4 N–H and O–H groups in total. The number of amides is 2. The Hall–Kier alpha value is -4.06. The zero-order chi connectivity index (χ0) is 26.9. The van der Waals surface area contributed by atoms with Gasteiger partial charge in [-0.2, -0.15) is 0 Å². The molecular formula is C25H28FN5O5S. The van der Waals surface area contributed by atoms with Crippen LogP contribution in [0.5, 0.6) is 5.75 Å². The third-order valence-electron chi connectivity index (χ3n) is 5.46. The lowest BCUT2D eigenvalue weighted by Crippen LogP contribution is -2.49. The van der Waals surface area contributed by atoms with Gasteiger partial charge < -0.3 is 25.8 Å². The number of hydrogen-bond donors (Lipinski definition) is 4. The minimum absolute atomic E-state index is 0.159. The Bertz CT molecular complexity index is 1250. The Morgan fingerprint density at radius 1 is 1.11 bits per heavy atom. The normalized spacial score (nSPS) is 11.5. The lowest BCUT2D eigenvalue weighted by molar-refractivity contribution is -0.142. The van der Waals surface area contributed by atoms with Crippen LogP contribution in [0.1, 0.15) is 43.4 Å². The highest BCUT2D eigenvalue weighted by molar-refractivity contribution is 7.12. The van der Waals surface area contributed by atoms with E-state index in [1.807, 2.05) is 0 Å². The van der Waals surface area contributed by atoms with Crippen LogP contribution in [0.15, 0.2) is 35.7 Å². The third kappa shape index (κ3) is 7.23. The molecule has 37 heavy (non-hydrogen) atoms. The summed E-state index contributed by atoms with van der Waals surface area (Å²) in [5.74, 6) is -2.36. The van der Waals surface area contributed by atoms with E-state index in [0.29, 0.717) is 47.2 Å². The number of nitrogens with one attached hydrogen (secondary N) is 3. The number of rotatable bonds is 11. The fraction of sp³-hybridized carbons (Fsp3) is 0.320. The number of phenols is 1. The summed E-state index contributed by atoms with van der Waals surface area (Å²) in [6.07, 6.45) is 0.964. The van der Waals surface area contributed by atoms with Crippen LogP contribution in [0.4, 0.5) is 10.3 Å². The average molecular weight is 530 g/mol. The minimum Gasteiger partial charge on any atom is -0.505 e. The highest BCUT2D eigenvalue weighted by Gasteiger charge is 2.26. The molecule has 3 rings (SSSR count). The molecule has 3 aromatic rings. The van der Waals surface area contributed by atoms with Crippen LogP contribution in [0, 0.1) is 19.7 Å². The van der Waals surface area contributed by atoms with Crippen molar-refractivity contribution in [1.29, 1.82) is 0 Å². The van der Waals surface area contributed by atoms with Crippen molar-refractivity contribution < 1.29 is 28.6 Å². The first-order chi connectivity index (χ1) is 17.7. The number of phenolic OH excluding ortho intramolecular Hbond substituents is 1. The number of aromatic nitrogens is 2. The van der Waals surface area contributed by atoms with E-state index >= 15 is 0 Å². The number of carbonyl (C=O) groups excluding carboxylic acids is 3. The Morgan fingerprint density at radius 3 is 2.49 bits per heavy atom. The van der Waals surface area contributed by atoms with Gasteiger partial charge in [-0.25, -0.2) is 19.2 Å². The predicted molar refractivity (Wildman–Crippen MR) is 136 cm³/mol. The van der Waals surface area contributed by atoms with Gasteiger partial charge in [0.15, 0.2) is 11.6 Å². The van der Waals surface area contributed by atoms with Crippen molar-refractivity contribution in [3.63, 3.8) is 0 Å². The number of ether oxygens (including phenoxy) is 1. The molecule has 0 spiro atoms. The first kappa shape index (κ1) is 27.5. The average Bonchev–Trinajstić information content (AvgIpc) is 3.41. The number of anilines is 1. The molecule has 2 heterocycles. The van der Waals surface area contributed by atoms with Gasteiger partial charge in [0.05, 0.1) is 28.9 Å². The van der Waals surface area contributed by atoms with Crippen LogP contribution in [0.3, 0.4) is 0 Å². The maximum atomic E-state index is 13.9. The molecule has 2 amide bonds. The Labute approximate surface area is 217 Å². The van der Waals surface area contributed by atoms with Crippen molar-refractivity contribution in [3.8, 4) is 5.75 Å². The summed E-state index contributed by atoms with van der Waals surface area (Å²) in [5.41, 5.74) is 1.38.